The van der Waals surface area contributed by atoms with Gasteiger partial charge in [-0.05, 0) is 18.2 Å². The minimum Gasteiger partial charge on any atom is -0.398 e. The monoisotopic (exact) mass is 274 g/mol. The number of rotatable bonds is 4. The van der Waals surface area contributed by atoms with Gasteiger partial charge in [0, 0.05) is 25.5 Å². The Kier molecular flexibility index (Phi) is 4.28. The zero-order valence-corrected chi connectivity index (χ0v) is 11.0. The molecule has 100 valence electrons. The Hall–Kier alpha value is -1.63. The average Bonchev–Trinajstić information content (AvgIpc) is 2.27. The molecule has 0 spiro atoms. The molecule has 0 radical (unpaired) electrons. The molecular formula is C11H15FN2O3S. The molecule has 1 rings (SSSR count). The molecule has 18 heavy (non-hydrogen) atoms. The van der Waals surface area contributed by atoms with E-state index in [1.54, 1.807) is 0 Å². The molecule has 0 aliphatic carbocycles. The topological polar surface area (TPSA) is 80.5 Å². The van der Waals surface area contributed by atoms with Crippen LogP contribution in [0.2, 0.25) is 0 Å². The highest BCUT2D eigenvalue weighted by atomic mass is 32.2. The van der Waals surface area contributed by atoms with Crippen molar-refractivity contribution in [3.63, 3.8) is 0 Å². The Labute approximate surface area is 105 Å². The lowest BCUT2D eigenvalue weighted by atomic mass is 10.1. The van der Waals surface area contributed by atoms with Crippen LogP contribution in [-0.2, 0) is 9.84 Å². The standard InChI is InChI=1S/C11H15FN2O3S/c1-14(5-6-18(2,16)17)11(15)9-7-8(12)3-4-10(9)13/h3-4,7H,5-6,13H2,1-2H3. The first kappa shape index (κ1) is 14.4. The van der Waals surface area contributed by atoms with E-state index in [0.29, 0.717) is 0 Å². The first-order valence-electron chi connectivity index (χ1n) is 5.19. The number of amides is 1. The van der Waals surface area contributed by atoms with E-state index in [2.05, 4.69) is 0 Å². The zero-order chi connectivity index (χ0) is 13.9. The molecule has 0 unspecified atom stereocenters. The highest BCUT2D eigenvalue weighted by Gasteiger charge is 2.16. The molecule has 0 fully saturated rings. The van der Waals surface area contributed by atoms with Crippen molar-refractivity contribution < 1.29 is 17.6 Å². The minimum absolute atomic E-state index is 0.0333. The predicted octanol–water partition coefficient (Wildman–Crippen LogP) is 0.525. The maximum atomic E-state index is 13.0. The first-order chi connectivity index (χ1) is 8.20. The largest absolute Gasteiger partial charge is 0.398 e. The van der Waals surface area contributed by atoms with Gasteiger partial charge < -0.3 is 10.6 Å². The van der Waals surface area contributed by atoms with E-state index in [9.17, 15) is 17.6 Å². The fourth-order valence-electron chi connectivity index (χ4n) is 1.32. The molecule has 0 aromatic heterocycles. The molecule has 0 saturated carbocycles. The van der Waals surface area contributed by atoms with Gasteiger partial charge in [0.25, 0.3) is 5.91 Å². The third-order valence-electron chi connectivity index (χ3n) is 2.39. The van der Waals surface area contributed by atoms with Crippen molar-refractivity contribution in [1.29, 1.82) is 0 Å². The Bertz CT molecular complexity index is 557. The molecule has 1 amide bonds. The highest BCUT2D eigenvalue weighted by Crippen LogP contribution is 2.15. The Morgan fingerprint density at radius 2 is 2.06 bits per heavy atom. The van der Waals surface area contributed by atoms with Crippen molar-refractivity contribution >= 4 is 21.4 Å². The van der Waals surface area contributed by atoms with Gasteiger partial charge in [0.2, 0.25) is 0 Å². The number of nitrogens with zero attached hydrogens (tertiary/aromatic N) is 1. The number of sulfone groups is 1. The number of carbonyl (C=O) groups is 1. The molecule has 1 aromatic rings. The molecule has 0 aliphatic heterocycles. The van der Waals surface area contributed by atoms with Crippen molar-refractivity contribution in [3.8, 4) is 0 Å². The van der Waals surface area contributed by atoms with E-state index in [1.165, 1.54) is 18.0 Å². The summed E-state index contributed by atoms with van der Waals surface area (Å²) in [6.07, 6.45) is 1.09. The van der Waals surface area contributed by atoms with Gasteiger partial charge in [0.05, 0.1) is 11.3 Å². The highest BCUT2D eigenvalue weighted by molar-refractivity contribution is 7.90. The van der Waals surface area contributed by atoms with Gasteiger partial charge in [0.1, 0.15) is 15.7 Å². The molecule has 2 N–H and O–H groups in total. The number of nitrogens with two attached hydrogens (primary N) is 1. The molecule has 0 atom stereocenters. The van der Waals surface area contributed by atoms with Gasteiger partial charge in [-0.15, -0.1) is 0 Å². The van der Waals surface area contributed by atoms with Crippen LogP contribution in [0.25, 0.3) is 0 Å². The second kappa shape index (κ2) is 5.34. The molecular weight excluding hydrogens is 259 g/mol. The molecule has 7 heteroatoms. The maximum Gasteiger partial charge on any atom is 0.255 e. The van der Waals surface area contributed by atoms with E-state index in [1.807, 2.05) is 0 Å². The lowest BCUT2D eigenvalue weighted by Crippen LogP contribution is -2.32. The summed E-state index contributed by atoms with van der Waals surface area (Å²) in [7, 11) is -1.71. The summed E-state index contributed by atoms with van der Waals surface area (Å²) in [6.45, 7) is 0.0353. The number of benzene rings is 1. The quantitative estimate of drug-likeness (QED) is 0.812. The predicted molar refractivity (Wildman–Crippen MR) is 67.5 cm³/mol. The second-order valence-electron chi connectivity index (χ2n) is 4.09. The van der Waals surface area contributed by atoms with Crippen molar-refractivity contribution in [2.45, 2.75) is 0 Å². The van der Waals surface area contributed by atoms with Crippen LogP contribution in [-0.4, -0.2) is 44.8 Å². The summed E-state index contributed by atoms with van der Waals surface area (Å²) in [4.78, 5) is 13.1. The molecule has 1 aromatic carbocycles. The van der Waals surface area contributed by atoms with E-state index >= 15 is 0 Å². The summed E-state index contributed by atoms with van der Waals surface area (Å²) < 4.78 is 35.0. The van der Waals surface area contributed by atoms with Crippen molar-refractivity contribution in [1.82, 2.24) is 4.90 Å². The normalized spacial score (nSPS) is 11.3. The molecule has 0 saturated heterocycles. The smallest absolute Gasteiger partial charge is 0.255 e. The van der Waals surface area contributed by atoms with Crippen LogP contribution in [0, 0.1) is 5.82 Å². The summed E-state index contributed by atoms with van der Waals surface area (Å²) in [5.74, 6) is -1.22. The number of carbonyl (C=O) groups excluding carboxylic acids is 1. The van der Waals surface area contributed by atoms with Crippen LogP contribution in [0.3, 0.4) is 0 Å². The van der Waals surface area contributed by atoms with Crippen molar-refractivity contribution in [2.24, 2.45) is 0 Å². The van der Waals surface area contributed by atoms with Crippen LogP contribution >= 0.6 is 0 Å². The van der Waals surface area contributed by atoms with Crippen LogP contribution in [0.15, 0.2) is 18.2 Å². The second-order valence-corrected chi connectivity index (χ2v) is 6.35. The number of hydrogen-bond donors (Lipinski definition) is 1. The third-order valence-corrected chi connectivity index (χ3v) is 3.31. The average molecular weight is 274 g/mol. The summed E-state index contributed by atoms with van der Waals surface area (Å²) in [6, 6.07) is 3.49. The van der Waals surface area contributed by atoms with Gasteiger partial charge in [-0.3, -0.25) is 4.79 Å². The van der Waals surface area contributed by atoms with E-state index < -0.39 is 21.6 Å². The molecule has 0 bridgehead atoms. The number of hydrogen-bond acceptors (Lipinski definition) is 4. The summed E-state index contributed by atoms with van der Waals surface area (Å²) in [5, 5.41) is 0. The zero-order valence-electron chi connectivity index (χ0n) is 10.2. The Morgan fingerprint density at radius 3 is 2.61 bits per heavy atom. The van der Waals surface area contributed by atoms with Gasteiger partial charge in [-0.1, -0.05) is 0 Å². The fourth-order valence-corrected chi connectivity index (χ4v) is 1.93. The van der Waals surface area contributed by atoms with Gasteiger partial charge >= 0.3 is 0 Å². The van der Waals surface area contributed by atoms with Crippen LogP contribution < -0.4 is 5.73 Å². The maximum absolute atomic E-state index is 13.0. The third kappa shape index (κ3) is 3.99. The van der Waals surface area contributed by atoms with Crippen LogP contribution in [0.5, 0.6) is 0 Å². The van der Waals surface area contributed by atoms with E-state index in [0.717, 1.165) is 18.4 Å². The fraction of sp³-hybridized carbons (Fsp3) is 0.364. The first-order valence-corrected chi connectivity index (χ1v) is 7.25. The molecule has 5 nitrogen and oxygen atoms in total. The van der Waals surface area contributed by atoms with Crippen LogP contribution in [0.1, 0.15) is 10.4 Å². The Balaban J connectivity index is 2.83. The van der Waals surface area contributed by atoms with E-state index in [4.69, 9.17) is 5.73 Å². The molecule has 0 aliphatic rings. The number of halogens is 1. The van der Waals surface area contributed by atoms with Crippen molar-refractivity contribution in [3.05, 3.63) is 29.6 Å². The Morgan fingerprint density at radius 1 is 1.44 bits per heavy atom. The van der Waals surface area contributed by atoms with Gasteiger partial charge in [0.15, 0.2) is 0 Å². The number of nitrogen functional groups attached to an aromatic ring is 1. The summed E-state index contributed by atoms with van der Waals surface area (Å²) >= 11 is 0. The lowest BCUT2D eigenvalue weighted by molar-refractivity contribution is 0.0804. The van der Waals surface area contributed by atoms with Crippen molar-refractivity contribution in [2.75, 3.05) is 31.3 Å². The number of anilines is 1. The molecule has 0 heterocycles. The lowest BCUT2D eigenvalue weighted by Gasteiger charge is -2.17. The van der Waals surface area contributed by atoms with Gasteiger partial charge in [-0.25, -0.2) is 12.8 Å². The summed E-state index contributed by atoms with van der Waals surface area (Å²) in [5.41, 5.74) is 5.77. The van der Waals surface area contributed by atoms with Crippen LogP contribution in [0.4, 0.5) is 10.1 Å². The van der Waals surface area contributed by atoms with Gasteiger partial charge in [-0.2, -0.15) is 0 Å². The minimum atomic E-state index is -3.15. The SMILES string of the molecule is CN(CCS(C)(=O)=O)C(=O)c1cc(F)ccc1N. The van der Waals surface area contributed by atoms with E-state index in [-0.39, 0.29) is 23.5 Å².